The molecular weight excluding hydrogens is 458 g/mol. The standard InChI is InChI=1S/C33H37NO3/c1-2-7-26(8-3-1)23-35-19-6-20-36-24-27-11-15-30(16-12-27)32-17-18-34-22-33(32)37-25-28-13-14-29-9-4-5-10-31(29)21-28/h1-5,7-16,21,32-34H,6,17-20,22-25H2/t32-,33+/m1/s1. The maximum atomic E-state index is 6.46. The molecular formula is C33H37NO3. The van der Waals surface area contributed by atoms with Crippen molar-refractivity contribution in [3.05, 3.63) is 119 Å². The summed E-state index contributed by atoms with van der Waals surface area (Å²) in [5, 5.41) is 6.05. The number of fused-ring (bicyclic) bond motifs is 1. The molecule has 192 valence electrons. The fourth-order valence-electron chi connectivity index (χ4n) is 5.00. The molecule has 4 heteroatoms. The second-order valence-corrected chi connectivity index (χ2v) is 9.82. The van der Waals surface area contributed by atoms with E-state index in [0.717, 1.165) is 25.9 Å². The number of piperidine rings is 1. The van der Waals surface area contributed by atoms with Crippen LogP contribution in [0.5, 0.6) is 0 Å². The maximum Gasteiger partial charge on any atom is 0.0772 e. The van der Waals surface area contributed by atoms with Crippen LogP contribution < -0.4 is 5.32 Å². The summed E-state index contributed by atoms with van der Waals surface area (Å²) < 4.78 is 18.1. The van der Waals surface area contributed by atoms with Crippen LogP contribution in [0.1, 0.15) is 41.0 Å². The lowest BCUT2D eigenvalue weighted by molar-refractivity contribution is 0.0106. The molecule has 1 heterocycles. The van der Waals surface area contributed by atoms with Gasteiger partial charge in [-0.05, 0) is 58.5 Å². The molecule has 2 atom stereocenters. The highest BCUT2D eigenvalue weighted by molar-refractivity contribution is 5.82. The molecule has 4 aromatic carbocycles. The van der Waals surface area contributed by atoms with Crippen molar-refractivity contribution in [2.45, 2.75) is 44.7 Å². The third-order valence-electron chi connectivity index (χ3n) is 7.07. The highest BCUT2D eigenvalue weighted by Gasteiger charge is 2.27. The van der Waals surface area contributed by atoms with E-state index in [1.807, 2.05) is 18.2 Å². The Balaban J connectivity index is 1.06. The molecule has 0 unspecified atom stereocenters. The van der Waals surface area contributed by atoms with Crippen LogP contribution in [0.4, 0.5) is 0 Å². The van der Waals surface area contributed by atoms with E-state index >= 15 is 0 Å². The minimum Gasteiger partial charge on any atom is -0.377 e. The Labute approximate surface area is 220 Å². The molecule has 1 saturated heterocycles. The van der Waals surface area contributed by atoms with Gasteiger partial charge in [-0.1, -0.05) is 91.0 Å². The van der Waals surface area contributed by atoms with E-state index in [1.54, 1.807) is 0 Å². The average Bonchev–Trinajstić information content (AvgIpc) is 2.96. The first-order valence-corrected chi connectivity index (χ1v) is 13.4. The van der Waals surface area contributed by atoms with E-state index in [2.05, 4.69) is 84.2 Å². The van der Waals surface area contributed by atoms with E-state index in [1.165, 1.54) is 33.0 Å². The van der Waals surface area contributed by atoms with Crippen LogP contribution in [0.15, 0.2) is 97.1 Å². The van der Waals surface area contributed by atoms with Crippen LogP contribution in [0.2, 0.25) is 0 Å². The molecule has 0 amide bonds. The lowest BCUT2D eigenvalue weighted by Crippen LogP contribution is -2.40. The second kappa shape index (κ2) is 13.5. The van der Waals surface area contributed by atoms with E-state index < -0.39 is 0 Å². The Morgan fingerprint density at radius 1 is 0.649 bits per heavy atom. The van der Waals surface area contributed by atoms with Gasteiger partial charge in [0.25, 0.3) is 0 Å². The minimum absolute atomic E-state index is 0.165. The number of ether oxygens (including phenoxy) is 3. The van der Waals surface area contributed by atoms with Crippen LogP contribution in [-0.4, -0.2) is 32.4 Å². The molecule has 0 aromatic heterocycles. The molecule has 0 saturated carbocycles. The SMILES string of the molecule is c1ccc(COCCCOCc2ccc([C@H]3CCNC[C@@H]3OCc3ccc4ccccc4c3)cc2)cc1. The van der Waals surface area contributed by atoms with Gasteiger partial charge in [0.15, 0.2) is 0 Å². The fraction of sp³-hybridized carbons (Fsp3) is 0.333. The predicted molar refractivity (Wildman–Crippen MR) is 150 cm³/mol. The Hall–Kier alpha value is -3.02. The van der Waals surface area contributed by atoms with Crippen molar-refractivity contribution in [3.8, 4) is 0 Å². The smallest absolute Gasteiger partial charge is 0.0772 e. The zero-order chi connectivity index (χ0) is 25.1. The first kappa shape index (κ1) is 25.6. The highest BCUT2D eigenvalue weighted by Crippen LogP contribution is 2.29. The molecule has 0 bridgehead atoms. The van der Waals surface area contributed by atoms with Gasteiger partial charge in [-0.15, -0.1) is 0 Å². The fourth-order valence-corrected chi connectivity index (χ4v) is 5.00. The first-order valence-electron chi connectivity index (χ1n) is 13.4. The summed E-state index contributed by atoms with van der Waals surface area (Å²) >= 11 is 0. The quantitative estimate of drug-likeness (QED) is 0.224. The predicted octanol–water partition coefficient (Wildman–Crippen LogP) is 6.63. The largest absolute Gasteiger partial charge is 0.377 e. The van der Waals surface area contributed by atoms with E-state index in [0.29, 0.717) is 39.0 Å². The molecule has 4 nitrogen and oxygen atoms in total. The zero-order valence-electron chi connectivity index (χ0n) is 21.5. The van der Waals surface area contributed by atoms with Gasteiger partial charge in [-0.25, -0.2) is 0 Å². The summed E-state index contributed by atoms with van der Waals surface area (Å²) in [6.07, 6.45) is 2.15. The van der Waals surface area contributed by atoms with Crippen molar-refractivity contribution < 1.29 is 14.2 Å². The Morgan fingerprint density at radius 2 is 1.32 bits per heavy atom. The number of hydrogen-bond acceptors (Lipinski definition) is 4. The van der Waals surface area contributed by atoms with Gasteiger partial charge in [0.05, 0.1) is 25.9 Å². The van der Waals surface area contributed by atoms with Crippen LogP contribution >= 0.6 is 0 Å². The van der Waals surface area contributed by atoms with Crippen molar-refractivity contribution in [1.29, 1.82) is 0 Å². The monoisotopic (exact) mass is 495 g/mol. The van der Waals surface area contributed by atoms with Crippen LogP contribution in [0.25, 0.3) is 10.8 Å². The van der Waals surface area contributed by atoms with Gasteiger partial charge in [0.1, 0.15) is 0 Å². The van der Waals surface area contributed by atoms with Crippen LogP contribution in [0, 0.1) is 0 Å². The van der Waals surface area contributed by atoms with Gasteiger partial charge >= 0.3 is 0 Å². The summed E-state index contributed by atoms with van der Waals surface area (Å²) in [5.41, 5.74) is 4.99. The second-order valence-electron chi connectivity index (χ2n) is 9.82. The molecule has 0 radical (unpaired) electrons. The molecule has 1 N–H and O–H groups in total. The Kier molecular flexibility index (Phi) is 9.35. The number of rotatable bonds is 12. The lowest BCUT2D eigenvalue weighted by atomic mass is 9.87. The third-order valence-corrected chi connectivity index (χ3v) is 7.07. The summed E-state index contributed by atoms with van der Waals surface area (Å²) in [4.78, 5) is 0. The summed E-state index contributed by atoms with van der Waals surface area (Å²) in [7, 11) is 0. The van der Waals surface area contributed by atoms with Crippen LogP contribution in [-0.2, 0) is 34.0 Å². The number of hydrogen-bond donors (Lipinski definition) is 1. The van der Waals surface area contributed by atoms with Crippen molar-refractivity contribution in [2.24, 2.45) is 0 Å². The number of nitrogens with one attached hydrogen (secondary N) is 1. The maximum absolute atomic E-state index is 6.46. The van der Waals surface area contributed by atoms with Gasteiger partial charge in [-0.2, -0.15) is 0 Å². The average molecular weight is 496 g/mol. The molecule has 1 aliphatic heterocycles. The number of benzene rings is 4. The summed E-state index contributed by atoms with van der Waals surface area (Å²) in [5.74, 6) is 0.401. The molecule has 37 heavy (non-hydrogen) atoms. The summed E-state index contributed by atoms with van der Waals surface area (Å²) in [6.45, 7) is 5.25. The lowest BCUT2D eigenvalue weighted by Gasteiger charge is -2.32. The van der Waals surface area contributed by atoms with Crippen LogP contribution in [0.3, 0.4) is 0 Å². The Bertz CT molecular complexity index is 1230. The third kappa shape index (κ3) is 7.50. The van der Waals surface area contributed by atoms with Gasteiger partial charge in [0, 0.05) is 25.7 Å². The Morgan fingerprint density at radius 3 is 2.11 bits per heavy atom. The molecule has 1 aliphatic rings. The van der Waals surface area contributed by atoms with Gasteiger partial charge < -0.3 is 19.5 Å². The first-order chi connectivity index (χ1) is 18.3. The van der Waals surface area contributed by atoms with Crippen molar-refractivity contribution >= 4 is 10.8 Å². The molecule has 4 aromatic rings. The van der Waals surface area contributed by atoms with Gasteiger partial charge in [0.2, 0.25) is 0 Å². The molecule has 0 aliphatic carbocycles. The van der Waals surface area contributed by atoms with E-state index in [4.69, 9.17) is 14.2 Å². The van der Waals surface area contributed by atoms with Crippen molar-refractivity contribution in [2.75, 3.05) is 26.3 Å². The highest BCUT2D eigenvalue weighted by atomic mass is 16.5. The molecule has 0 spiro atoms. The topological polar surface area (TPSA) is 39.7 Å². The molecule has 1 fully saturated rings. The van der Waals surface area contributed by atoms with Crippen molar-refractivity contribution in [3.63, 3.8) is 0 Å². The van der Waals surface area contributed by atoms with Crippen molar-refractivity contribution in [1.82, 2.24) is 5.32 Å². The minimum atomic E-state index is 0.165. The van der Waals surface area contributed by atoms with Gasteiger partial charge in [-0.3, -0.25) is 0 Å². The van der Waals surface area contributed by atoms with E-state index in [-0.39, 0.29) is 6.10 Å². The summed E-state index contributed by atoms with van der Waals surface area (Å²) in [6, 6.07) is 34.3. The molecule has 5 rings (SSSR count). The zero-order valence-corrected chi connectivity index (χ0v) is 21.5. The van der Waals surface area contributed by atoms with E-state index in [9.17, 15) is 0 Å². The normalized spacial score (nSPS) is 17.7.